The molecule has 0 bridgehead atoms. The van der Waals surface area contributed by atoms with Crippen LogP contribution < -0.4 is 21.7 Å². The van der Waals surface area contributed by atoms with Gasteiger partial charge in [-0.2, -0.15) is 26.3 Å². The molecular formula is C58H63F10IN4O2. The van der Waals surface area contributed by atoms with E-state index in [1.165, 1.54) is 63.7 Å². The molecule has 0 amide bonds. The molecule has 0 saturated carbocycles. The number of aryl methyl sites for hydroxylation is 4. The molecule has 0 heterocycles. The van der Waals surface area contributed by atoms with Crippen molar-refractivity contribution in [3.63, 3.8) is 0 Å². The van der Waals surface area contributed by atoms with Crippen molar-refractivity contribution in [1.29, 1.82) is 0 Å². The molecule has 404 valence electrons. The fourth-order valence-electron chi connectivity index (χ4n) is 9.45. The molecule has 0 aliphatic heterocycles. The molecule has 8 rings (SSSR count). The second-order valence-electron chi connectivity index (χ2n) is 19.1. The van der Waals surface area contributed by atoms with E-state index in [2.05, 4.69) is 66.2 Å². The molecule has 75 heavy (non-hydrogen) atoms. The summed E-state index contributed by atoms with van der Waals surface area (Å²) in [6.07, 6.45) is -2.34. The topological polar surface area (TPSA) is 103 Å². The van der Waals surface area contributed by atoms with Crippen molar-refractivity contribution in [3.8, 4) is 0 Å². The number of hydrogen-bond donors (Lipinski definition) is 6. The Morgan fingerprint density at radius 1 is 0.560 bits per heavy atom. The number of alkyl halides is 6. The molecule has 0 unspecified atom stereocenters. The van der Waals surface area contributed by atoms with Crippen molar-refractivity contribution in [2.45, 2.75) is 127 Å². The summed E-state index contributed by atoms with van der Waals surface area (Å²) in [4.78, 5) is 0. The molecule has 17 heteroatoms. The average molecular weight is 1170 g/mol. The lowest BCUT2D eigenvalue weighted by Crippen LogP contribution is -2.44. The van der Waals surface area contributed by atoms with Gasteiger partial charge in [0.15, 0.2) is 0 Å². The van der Waals surface area contributed by atoms with Gasteiger partial charge in [-0.1, -0.05) is 62.4 Å². The summed E-state index contributed by atoms with van der Waals surface area (Å²) in [5.41, 5.74) is 13.2. The zero-order valence-corrected chi connectivity index (χ0v) is 43.8. The Hall–Kier alpha value is -5.05. The Bertz CT molecular complexity index is 2750. The Kier molecular flexibility index (Phi) is 21.6. The maximum Gasteiger partial charge on any atom is 0.416 e. The number of aliphatic hydroxyl groups excluding tert-OH is 2. The predicted octanol–water partition coefficient (Wildman–Crippen LogP) is 13.3. The van der Waals surface area contributed by atoms with Crippen LogP contribution in [0.3, 0.4) is 0 Å². The number of nitrogens with one attached hydrogen (secondary N) is 3. The third-order valence-corrected chi connectivity index (χ3v) is 14.1. The zero-order chi connectivity index (χ0) is 54.5. The van der Waals surface area contributed by atoms with Gasteiger partial charge < -0.3 is 31.9 Å². The van der Waals surface area contributed by atoms with Gasteiger partial charge >= 0.3 is 12.4 Å². The highest BCUT2D eigenvalue weighted by Crippen LogP contribution is 2.34. The van der Waals surface area contributed by atoms with Crippen LogP contribution in [0, 0.1) is 26.8 Å². The molecular weight excluding hydrogens is 1100 g/mol. The van der Waals surface area contributed by atoms with Gasteiger partial charge in [0.1, 0.15) is 23.3 Å². The lowest BCUT2D eigenvalue weighted by atomic mass is 9.86. The van der Waals surface area contributed by atoms with Crippen LogP contribution in [0.4, 0.5) is 49.6 Å². The summed E-state index contributed by atoms with van der Waals surface area (Å²) in [5, 5.41) is 31.4. The lowest BCUT2D eigenvalue weighted by molar-refractivity contribution is -0.138. The monoisotopic (exact) mass is 1160 g/mol. The first-order chi connectivity index (χ1) is 35.6. The van der Waals surface area contributed by atoms with Crippen LogP contribution >= 0.6 is 22.6 Å². The van der Waals surface area contributed by atoms with Gasteiger partial charge in [-0.25, -0.2) is 17.6 Å². The SMILES string of the molecule is CCc1ccc2c(c1)[C@@H](NC[C@@H](O)[C@@H](N)Cc1cc(F)cc(F)c1)CCC2.CCc1ccc2c(c1)[C@@H](NC[C@@H](O)[C@H](Cc1cc(F)cc(F)c1)Nc1cccc(C(F)(F)F)c1)CCC2.FC(F)(F)c1cccc(I)c1. The predicted molar refractivity (Wildman–Crippen MR) is 282 cm³/mol. The molecule has 7 N–H and O–H groups in total. The standard InChI is InChI=1S/C29H31F5N2O.C22H28F2N2O.C7H4F3I/c1-2-18-9-10-20-5-3-8-26(25(20)13-18)35-17-28(37)27(14-19-11-22(30)16-23(31)12-19)36-24-7-4-6-21(15-24)29(32,33)34;1-2-14-6-7-16-4-3-5-21(19(16)10-14)26-13-22(27)20(25)11-15-8-17(23)12-18(24)9-15;8-7(9,10)5-2-1-3-6(11)4-5/h4,6-7,9-13,15-16,26-28,35-37H,2-3,5,8,14,17H2,1H3;6-10,12,20-22,26-27H,2-5,11,13,25H2,1H3;1-4H/t26-,27-,28+;20-,21-,22+;/m00./s1. The summed E-state index contributed by atoms with van der Waals surface area (Å²) >= 11 is 1.85. The van der Waals surface area contributed by atoms with Crippen LogP contribution in [0.2, 0.25) is 0 Å². The first-order valence-electron chi connectivity index (χ1n) is 25.1. The van der Waals surface area contributed by atoms with Crippen molar-refractivity contribution in [3.05, 3.63) is 204 Å². The first-order valence-corrected chi connectivity index (χ1v) is 26.1. The Morgan fingerprint density at radius 3 is 1.47 bits per heavy atom. The van der Waals surface area contributed by atoms with Gasteiger partial charge in [0.25, 0.3) is 0 Å². The molecule has 0 aromatic heterocycles. The van der Waals surface area contributed by atoms with Gasteiger partial charge in [-0.15, -0.1) is 0 Å². The fourth-order valence-corrected chi connectivity index (χ4v) is 9.99. The highest BCUT2D eigenvalue weighted by molar-refractivity contribution is 14.1. The van der Waals surface area contributed by atoms with Crippen LogP contribution in [0.15, 0.2) is 121 Å². The van der Waals surface area contributed by atoms with Gasteiger partial charge in [0.2, 0.25) is 0 Å². The minimum Gasteiger partial charge on any atom is -0.390 e. The minimum absolute atomic E-state index is 0.00894. The molecule has 0 fully saturated rings. The van der Waals surface area contributed by atoms with E-state index >= 15 is 0 Å². The summed E-state index contributed by atoms with van der Waals surface area (Å²) in [6.45, 7) is 4.73. The Morgan fingerprint density at radius 2 is 1.01 bits per heavy atom. The van der Waals surface area contributed by atoms with Crippen molar-refractivity contribution in [1.82, 2.24) is 10.6 Å². The molecule has 2 aliphatic rings. The van der Waals surface area contributed by atoms with Gasteiger partial charge in [0, 0.05) is 52.6 Å². The molecule has 0 saturated heterocycles. The van der Waals surface area contributed by atoms with Gasteiger partial charge in [-0.3, -0.25) is 0 Å². The second kappa shape index (κ2) is 27.3. The smallest absolute Gasteiger partial charge is 0.390 e. The summed E-state index contributed by atoms with van der Waals surface area (Å²) < 4.78 is 130. The van der Waals surface area contributed by atoms with Crippen molar-refractivity contribution >= 4 is 28.3 Å². The highest BCUT2D eigenvalue weighted by Gasteiger charge is 2.32. The van der Waals surface area contributed by atoms with Crippen molar-refractivity contribution in [2.75, 3.05) is 18.4 Å². The van der Waals surface area contributed by atoms with E-state index in [-0.39, 0.29) is 42.7 Å². The van der Waals surface area contributed by atoms with E-state index in [4.69, 9.17) is 5.73 Å². The van der Waals surface area contributed by atoms with E-state index in [0.29, 0.717) is 15.7 Å². The van der Waals surface area contributed by atoms with E-state index in [1.807, 2.05) is 22.6 Å². The molecule has 0 radical (unpaired) electrons. The van der Waals surface area contributed by atoms with Crippen LogP contribution in [0.25, 0.3) is 0 Å². The number of fused-ring (bicyclic) bond motifs is 2. The normalized spacial score (nSPS) is 17.0. The van der Waals surface area contributed by atoms with E-state index in [1.54, 1.807) is 6.07 Å². The minimum atomic E-state index is -4.52. The lowest BCUT2D eigenvalue weighted by Gasteiger charge is -2.31. The Labute approximate surface area is 445 Å². The zero-order valence-electron chi connectivity index (χ0n) is 41.6. The summed E-state index contributed by atoms with van der Waals surface area (Å²) in [7, 11) is 0. The Balaban J connectivity index is 0.000000209. The van der Waals surface area contributed by atoms with Gasteiger partial charge in [-0.05, 0) is 192 Å². The van der Waals surface area contributed by atoms with Crippen molar-refractivity contribution in [2.24, 2.45) is 5.73 Å². The number of aliphatic hydroxyl groups is 2. The number of rotatable bonds is 16. The number of anilines is 1. The summed E-state index contributed by atoms with van der Waals surface area (Å²) in [5.74, 6) is -2.78. The molecule has 6 aromatic rings. The number of halogens is 11. The first kappa shape index (κ1) is 59.2. The molecule has 6 nitrogen and oxygen atoms in total. The molecule has 6 atom stereocenters. The second-order valence-corrected chi connectivity index (χ2v) is 20.3. The van der Waals surface area contributed by atoms with E-state index < -0.39 is 71.0 Å². The number of hydrogen-bond acceptors (Lipinski definition) is 6. The molecule has 6 aromatic carbocycles. The molecule has 0 spiro atoms. The van der Waals surface area contributed by atoms with Crippen molar-refractivity contribution < 1.29 is 54.1 Å². The quantitative estimate of drug-likeness (QED) is 0.0426. The molecule has 2 aliphatic carbocycles. The highest BCUT2D eigenvalue weighted by atomic mass is 127. The maximum atomic E-state index is 13.8. The maximum absolute atomic E-state index is 13.8. The van der Waals surface area contributed by atoms with Crippen LogP contribution in [-0.4, -0.2) is 47.6 Å². The van der Waals surface area contributed by atoms with Crippen LogP contribution in [-0.2, 0) is 50.9 Å². The van der Waals surface area contributed by atoms with Gasteiger partial charge in [0.05, 0.1) is 29.4 Å². The van der Waals surface area contributed by atoms with Crippen LogP contribution in [0.5, 0.6) is 0 Å². The third-order valence-electron chi connectivity index (χ3n) is 13.4. The number of nitrogens with two attached hydrogens (primary N) is 1. The van der Waals surface area contributed by atoms with E-state index in [9.17, 15) is 54.1 Å². The van der Waals surface area contributed by atoms with Crippen LogP contribution in [0.1, 0.15) is 107 Å². The third kappa shape index (κ3) is 18.0. The summed E-state index contributed by atoms with van der Waals surface area (Å²) in [6, 6.07) is 28.2. The fraction of sp³-hybridized carbons (Fsp3) is 0.379. The number of benzene rings is 6. The average Bonchev–Trinajstić information content (AvgIpc) is 3.36. The van der Waals surface area contributed by atoms with E-state index in [0.717, 1.165) is 99.9 Å². The largest absolute Gasteiger partial charge is 0.416 e.